The first kappa shape index (κ1) is 26.2. The zero-order valence-electron chi connectivity index (χ0n) is 18.8. The standard InChI is InChI=1S/C25H16ClF6N3O2/c1-13-5-8-18(19(26)9-13)24(28,29)12-33-22(36)21-17-7-6-15(27)11-20(17)34-35-23(21)37-16-4-2-3-14(10-16)25(30,31)32/h2-11H,12H2,1H3,(H,33,36). The van der Waals surface area contributed by atoms with E-state index in [0.29, 0.717) is 11.6 Å². The van der Waals surface area contributed by atoms with Gasteiger partial charge in [-0.25, -0.2) is 4.39 Å². The SMILES string of the molecule is Cc1ccc(C(F)(F)CNC(=O)c2c(Oc3cccc(C(F)(F)F)c3)nnc3cc(F)ccc23)c(Cl)c1. The number of alkyl halides is 5. The van der Waals surface area contributed by atoms with Gasteiger partial charge in [0.2, 0.25) is 0 Å². The van der Waals surface area contributed by atoms with Crippen LogP contribution in [0.25, 0.3) is 10.9 Å². The summed E-state index contributed by atoms with van der Waals surface area (Å²) in [4.78, 5) is 13.1. The van der Waals surface area contributed by atoms with Gasteiger partial charge in [-0.05, 0) is 48.9 Å². The Labute approximate surface area is 211 Å². The molecule has 0 aliphatic rings. The van der Waals surface area contributed by atoms with Crippen molar-refractivity contribution in [1.29, 1.82) is 0 Å². The quantitative estimate of drug-likeness (QED) is 0.266. The molecule has 0 bridgehead atoms. The number of hydrogen-bond donors (Lipinski definition) is 1. The number of aryl methyl sites for hydroxylation is 1. The number of rotatable bonds is 6. The molecule has 1 amide bonds. The maximum Gasteiger partial charge on any atom is 0.416 e. The molecule has 1 aromatic heterocycles. The fourth-order valence-electron chi connectivity index (χ4n) is 3.49. The van der Waals surface area contributed by atoms with Crippen LogP contribution in [-0.2, 0) is 12.1 Å². The van der Waals surface area contributed by atoms with Crippen molar-refractivity contribution in [3.05, 3.63) is 93.8 Å². The van der Waals surface area contributed by atoms with Gasteiger partial charge in [0, 0.05) is 17.0 Å². The molecule has 0 spiro atoms. The highest BCUT2D eigenvalue weighted by Gasteiger charge is 2.35. The predicted octanol–water partition coefficient (Wildman–Crippen LogP) is 7.06. The number of fused-ring (bicyclic) bond motifs is 1. The van der Waals surface area contributed by atoms with Crippen LogP contribution in [0.4, 0.5) is 26.3 Å². The molecular weight excluding hydrogens is 524 g/mol. The van der Waals surface area contributed by atoms with E-state index >= 15 is 0 Å². The molecular formula is C25H16ClF6N3O2. The molecule has 4 rings (SSSR count). The first-order valence-electron chi connectivity index (χ1n) is 10.6. The summed E-state index contributed by atoms with van der Waals surface area (Å²) in [6.07, 6.45) is -4.67. The molecule has 3 aromatic carbocycles. The van der Waals surface area contributed by atoms with E-state index in [4.69, 9.17) is 16.3 Å². The van der Waals surface area contributed by atoms with Gasteiger partial charge in [-0.2, -0.15) is 22.0 Å². The first-order valence-corrected chi connectivity index (χ1v) is 11.0. The number of nitrogens with one attached hydrogen (secondary N) is 1. The second-order valence-electron chi connectivity index (χ2n) is 8.04. The number of ether oxygens (including phenoxy) is 1. The van der Waals surface area contributed by atoms with Crippen molar-refractivity contribution in [2.75, 3.05) is 6.54 Å². The number of carbonyl (C=O) groups excluding carboxylic acids is 1. The van der Waals surface area contributed by atoms with Crippen molar-refractivity contribution >= 4 is 28.4 Å². The molecule has 4 aromatic rings. The summed E-state index contributed by atoms with van der Waals surface area (Å²) in [6, 6.07) is 10.8. The minimum Gasteiger partial charge on any atom is -0.437 e. The van der Waals surface area contributed by atoms with Crippen molar-refractivity contribution in [2.24, 2.45) is 0 Å². The summed E-state index contributed by atoms with van der Waals surface area (Å²) in [6.45, 7) is 0.495. The molecule has 0 atom stereocenters. The normalized spacial score (nSPS) is 12.0. The van der Waals surface area contributed by atoms with E-state index < -0.39 is 52.9 Å². The molecule has 0 saturated heterocycles. The van der Waals surface area contributed by atoms with Crippen molar-refractivity contribution in [3.63, 3.8) is 0 Å². The number of nitrogens with zero attached hydrogens (tertiary/aromatic N) is 2. The third-order valence-electron chi connectivity index (χ3n) is 5.28. The van der Waals surface area contributed by atoms with E-state index in [1.54, 1.807) is 6.92 Å². The molecule has 1 N–H and O–H groups in total. The fourth-order valence-corrected chi connectivity index (χ4v) is 3.87. The predicted molar refractivity (Wildman–Crippen MR) is 123 cm³/mol. The van der Waals surface area contributed by atoms with Gasteiger partial charge in [0.1, 0.15) is 17.1 Å². The number of aromatic nitrogens is 2. The number of amides is 1. The van der Waals surface area contributed by atoms with Crippen LogP contribution in [0.2, 0.25) is 5.02 Å². The van der Waals surface area contributed by atoms with Crippen molar-refractivity contribution < 1.29 is 35.9 Å². The van der Waals surface area contributed by atoms with Gasteiger partial charge in [-0.3, -0.25) is 4.79 Å². The highest BCUT2D eigenvalue weighted by Crippen LogP contribution is 2.35. The van der Waals surface area contributed by atoms with Crippen LogP contribution in [0.15, 0.2) is 60.7 Å². The summed E-state index contributed by atoms with van der Waals surface area (Å²) < 4.78 is 88.2. The van der Waals surface area contributed by atoms with Crippen LogP contribution in [0.1, 0.15) is 27.0 Å². The lowest BCUT2D eigenvalue weighted by molar-refractivity contribution is -0.137. The molecule has 0 aliphatic carbocycles. The largest absolute Gasteiger partial charge is 0.437 e. The molecule has 37 heavy (non-hydrogen) atoms. The van der Waals surface area contributed by atoms with Crippen LogP contribution in [0.3, 0.4) is 0 Å². The summed E-state index contributed by atoms with van der Waals surface area (Å²) in [5.74, 6) is -6.29. The smallest absolute Gasteiger partial charge is 0.416 e. The molecule has 0 saturated carbocycles. The van der Waals surface area contributed by atoms with Crippen molar-refractivity contribution in [3.8, 4) is 11.6 Å². The average Bonchev–Trinajstić information content (AvgIpc) is 2.82. The molecule has 192 valence electrons. The fraction of sp³-hybridized carbons (Fsp3) is 0.160. The zero-order chi connectivity index (χ0) is 27.0. The van der Waals surface area contributed by atoms with Gasteiger partial charge in [0.25, 0.3) is 17.7 Å². The molecule has 0 aliphatic heterocycles. The maximum absolute atomic E-state index is 14.9. The van der Waals surface area contributed by atoms with Crippen LogP contribution in [-0.4, -0.2) is 22.6 Å². The third-order valence-corrected chi connectivity index (χ3v) is 5.60. The lowest BCUT2D eigenvalue weighted by Crippen LogP contribution is -2.35. The molecule has 0 fully saturated rings. The second-order valence-corrected chi connectivity index (χ2v) is 8.45. The van der Waals surface area contributed by atoms with Gasteiger partial charge in [0.15, 0.2) is 0 Å². The van der Waals surface area contributed by atoms with E-state index in [-0.39, 0.29) is 21.7 Å². The van der Waals surface area contributed by atoms with Crippen molar-refractivity contribution in [2.45, 2.75) is 19.0 Å². The van der Waals surface area contributed by atoms with Crippen LogP contribution >= 0.6 is 11.6 Å². The van der Waals surface area contributed by atoms with Crippen LogP contribution < -0.4 is 10.1 Å². The Kier molecular flexibility index (Phi) is 7.00. The topological polar surface area (TPSA) is 64.1 Å². The Morgan fingerprint density at radius 3 is 2.46 bits per heavy atom. The summed E-state index contributed by atoms with van der Waals surface area (Å²) in [5, 5.41) is 9.30. The van der Waals surface area contributed by atoms with E-state index in [1.807, 2.05) is 0 Å². The Bertz CT molecular complexity index is 1490. The van der Waals surface area contributed by atoms with Crippen LogP contribution in [0.5, 0.6) is 11.6 Å². The van der Waals surface area contributed by atoms with E-state index in [2.05, 4.69) is 15.5 Å². The van der Waals surface area contributed by atoms with Gasteiger partial charge in [0.05, 0.1) is 22.6 Å². The third kappa shape index (κ3) is 5.77. The Balaban J connectivity index is 1.70. The summed E-state index contributed by atoms with van der Waals surface area (Å²) >= 11 is 5.95. The van der Waals surface area contributed by atoms with E-state index in [9.17, 15) is 31.1 Å². The van der Waals surface area contributed by atoms with Gasteiger partial charge >= 0.3 is 6.18 Å². The van der Waals surface area contributed by atoms with E-state index in [1.165, 1.54) is 18.2 Å². The molecule has 5 nitrogen and oxygen atoms in total. The molecule has 0 unspecified atom stereocenters. The zero-order valence-corrected chi connectivity index (χ0v) is 19.6. The Hall–Kier alpha value is -3.86. The average molecular weight is 540 g/mol. The molecule has 0 radical (unpaired) electrons. The first-order chi connectivity index (χ1) is 17.3. The lowest BCUT2D eigenvalue weighted by Gasteiger charge is -2.20. The highest BCUT2D eigenvalue weighted by atomic mass is 35.5. The number of halogens is 7. The summed E-state index contributed by atoms with van der Waals surface area (Å²) in [7, 11) is 0. The van der Waals surface area contributed by atoms with Crippen molar-refractivity contribution in [1.82, 2.24) is 15.5 Å². The van der Waals surface area contributed by atoms with Gasteiger partial charge in [-0.15, -0.1) is 10.2 Å². The Morgan fingerprint density at radius 2 is 1.76 bits per heavy atom. The minimum atomic E-state index is -4.67. The summed E-state index contributed by atoms with van der Waals surface area (Å²) in [5.41, 5.74) is -1.41. The second kappa shape index (κ2) is 9.89. The van der Waals surface area contributed by atoms with E-state index in [0.717, 1.165) is 36.4 Å². The van der Waals surface area contributed by atoms with Crippen LogP contribution in [0, 0.1) is 12.7 Å². The van der Waals surface area contributed by atoms with Gasteiger partial charge < -0.3 is 10.1 Å². The Morgan fingerprint density at radius 1 is 1.00 bits per heavy atom. The number of benzene rings is 3. The maximum atomic E-state index is 14.9. The number of carbonyl (C=O) groups is 1. The number of hydrogen-bond acceptors (Lipinski definition) is 4. The molecule has 1 heterocycles. The lowest BCUT2D eigenvalue weighted by atomic mass is 10.1. The van der Waals surface area contributed by atoms with Gasteiger partial charge in [-0.1, -0.05) is 29.8 Å². The minimum absolute atomic E-state index is 0.0208. The highest BCUT2D eigenvalue weighted by molar-refractivity contribution is 6.31. The monoisotopic (exact) mass is 539 g/mol. The molecule has 12 heteroatoms.